The third-order valence-electron chi connectivity index (χ3n) is 2.70. The highest BCUT2D eigenvalue weighted by molar-refractivity contribution is 7.92. The minimum absolute atomic E-state index is 0.00140. The highest BCUT2D eigenvalue weighted by Crippen LogP contribution is 2.17. The highest BCUT2D eigenvalue weighted by atomic mass is 32.2. The van der Waals surface area contributed by atoms with Crippen LogP contribution in [0.25, 0.3) is 0 Å². The summed E-state index contributed by atoms with van der Waals surface area (Å²) in [5, 5.41) is 0. The van der Waals surface area contributed by atoms with Crippen LogP contribution in [0, 0.1) is 0 Å². The number of nitrogens with zero attached hydrogens (tertiary/aromatic N) is 2. The lowest BCUT2D eigenvalue weighted by atomic mass is 10.2. The molecule has 0 aliphatic carbocycles. The van der Waals surface area contributed by atoms with Crippen LogP contribution in [0.4, 0.5) is 5.69 Å². The van der Waals surface area contributed by atoms with Crippen molar-refractivity contribution in [3.05, 3.63) is 30.3 Å². The average molecular weight is 284 g/mol. The summed E-state index contributed by atoms with van der Waals surface area (Å²) in [5.74, 6) is 0.00140. The first kappa shape index (κ1) is 15.5. The van der Waals surface area contributed by atoms with Crippen molar-refractivity contribution in [2.75, 3.05) is 31.2 Å². The molecule has 0 radical (unpaired) electrons. The number of para-hydroxylation sites is 1. The Morgan fingerprint density at radius 3 is 2.21 bits per heavy atom. The summed E-state index contributed by atoms with van der Waals surface area (Å²) >= 11 is 0. The SMILES string of the molecule is CN(C)C(=O)CCCN(c1ccccc1)S(C)(=O)=O. The van der Waals surface area contributed by atoms with Crippen molar-refractivity contribution in [3.8, 4) is 0 Å². The highest BCUT2D eigenvalue weighted by Gasteiger charge is 2.17. The maximum atomic E-state index is 11.8. The Kier molecular flexibility index (Phi) is 5.35. The molecule has 6 heteroatoms. The number of sulfonamides is 1. The van der Waals surface area contributed by atoms with E-state index < -0.39 is 10.0 Å². The van der Waals surface area contributed by atoms with Crippen molar-refractivity contribution in [2.24, 2.45) is 0 Å². The fourth-order valence-electron chi connectivity index (χ4n) is 1.68. The zero-order chi connectivity index (χ0) is 14.5. The van der Waals surface area contributed by atoms with Crippen LogP contribution in [0.3, 0.4) is 0 Å². The van der Waals surface area contributed by atoms with Crippen molar-refractivity contribution in [1.29, 1.82) is 0 Å². The van der Waals surface area contributed by atoms with E-state index in [-0.39, 0.29) is 5.91 Å². The molecule has 0 N–H and O–H groups in total. The van der Waals surface area contributed by atoms with E-state index in [1.165, 1.54) is 15.5 Å². The van der Waals surface area contributed by atoms with Crippen LogP contribution in [0.1, 0.15) is 12.8 Å². The summed E-state index contributed by atoms with van der Waals surface area (Å²) in [6, 6.07) is 8.90. The van der Waals surface area contributed by atoms with Gasteiger partial charge >= 0.3 is 0 Å². The Labute approximate surface area is 114 Å². The Morgan fingerprint density at radius 1 is 1.16 bits per heavy atom. The lowest BCUT2D eigenvalue weighted by Crippen LogP contribution is -2.32. The van der Waals surface area contributed by atoms with Crippen molar-refractivity contribution < 1.29 is 13.2 Å². The molecule has 0 heterocycles. The molecular weight excluding hydrogens is 264 g/mol. The molecule has 1 aromatic rings. The molecule has 0 aliphatic rings. The van der Waals surface area contributed by atoms with Gasteiger partial charge in [-0.2, -0.15) is 0 Å². The molecule has 5 nitrogen and oxygen atoms in total. The molecule has 0 unspecified atom stereocenters. The van der Waals surface area contributed by atoms with E-state index in [0.717, 1.165) is 0 Å². The second-order valence-electron chi connectivity index (χ2n) is 4.56. The fourth-order valence-corrected chi connectivity index (χ4v) is 2.64. The van der Waals surface area contributed by atoms with Crippen molar-refractivity contribution in [1.82, 2.24) is 4.90 Å². The van der Waals surface area contributed by atoms with E-state index in [4.69, 9.17) is 0 Å². The van der Waals surface area contributed by atoms with Crippen LogP contribution in [0.15, 0.2) is 30.3 Å². The zero-order valence-corrected chi connectivity index (χ0v) is 12.4. The normalized spacial score (nSPS) is 11.1. The predicted molar refractivity (Wildman–Crippen MR) is 76.6 cm³/mol. The third kappa shape index (κ3) is 4.90. The van der Waals surface area contributed by atoms with Gasteiger partial charge in [-0.3, -0.25) is 9.10 Å². The Hall–Kier alpha value is -1.56. The molecule has 1 amide bonds. The maximum absolute atomic E-state index is 11.8. The van der Waals surface area contributed by atoms with Crippen LogP contribution in [0.5, 0.6) is 0 Å². The van der Waals surface area contributed by atoms with Crippen LogP contribution in [0.2, 0.25) is 0 Å². The molecule has 0 aliphatic heterocycles. The maximum Gasteiger partial charge on any atom is 0.232 e. The van der Waals surface area contributed by atoms with Gasteiger partial charge in [0.1, 0.15) is 0 Å². The summed E-state index contributed by atoms with van der Waals surface area (Å²) < 4.78 is 24.9. The van der Waals surface area contributed by atoms with E-state index in [2.05, 4.69) is 0 Å². The van der Waals surface area contributed by atoms with Gasteiger partial charge in [-0.05, 0) is 18.6 Å². The van der Waals surface area contributed by atoms with Gasteiger partial charge in [0.2, 0.25) is 15.9 Å². The van der Waals surface area contributed by atoms with Crippen LogP contribution in [-0.4, -0.2) is 46.1 Å². The molecule has 0 fully saturated rings. The first-order valence-electron chi connectivity index (χ1n) is 6.05. The molecule has 19 heavy (non-hydrogen) atoms. The van der Waals surface area contributed by atoms with Gasteiger partial charge in [0.15, 0.2) is 0 Å². The molecule has 0 bridgehead atoms. The largest absolute Gasteiger partial charge is 0.349 e. The smallest absolute Gasteiger partial charge is 0.232 e. The number of carbonyl (C=O) groups is 1. The monoisotopic (exact) mass is 284 g/mol. The fraction of sp³-hybridized carbons (Fsp3) is 0.462. The Bertz CT molecular complexity index is 512. The van der Waals surface area contributed by atoms with Gasteiger partial charge in [0, 0.05) is 27.1 Å². The molecule has 106 valence electrons. The van der Waals surface area contributed by atoms with E-state index in [0.29, 0.717) is 25.1 Å². The van der Waals surface area contributed by atoms with Gasteiger partial charge < -0.3 is 4.90 Å². The van der Waals surface area contributed by atoms with Crippen molar-refractivity contribution in [3.63, 3.8) is 0 Å². The first-order valence-corrected chi connectivity index (χ1v) is 7.90. The number of hydrogen-bond acceptors (Lipinski definition) is 3. The number of carbonyl (C=O) groups excluding carboxylic acids is 1. The predicted octanol–water partition coefficient (Wildman–Crippen LogP) is 1.32. The Morgan fingerprint density at radius 2 is 1.74 bits per heavy atom. The second kappa shape index (κ2) is 6.56. The zero-order valence-electron chi connectivity index (χ0n) is 11.5. The van der Waals surface area contributed by atoms with Gasteiger partial charge in [0.25, 0.3) is 0 Å². The lowest BCUT2D eigenvalue weighted by molar-refractivity contribution is -0.128. The first-order chi connectivity index (χ1) is 8.82. The lowest BCUT2D eigenvalue weighted by Gasteiger charge is -2.22. The topological polar surface area (TPSA) is 57.7 Å². The number of anilines is 1. The molecule has 0 spiro atoms. The number of hydrogen-bond donors (Lipinski definition) is 0. The summed E-state index contributed by atoms with van der Waals surface area (Å²) in [6.45, 7) is 0.308. The van der Waals surface area contributed by atoms with Gasteiger partial charge in [-0.15, -0.1) is 0 Å². The van der Waals surface area contributed by atoms with E-state index in [9.17, 15) is 13.2 Å². The summed E-state index contributed by atoms with van der Waals surface area (Å²) in [5.41, 5.74) is 0.627. The molecule has 1 rings (SSSR count). The second-order valence-corrected chi connectivity index (χ2v) is 6.47. The quantitative estimate of drug-likeness (QED) is 0.791. The molecule has 0 saturated heterocycles. The van der Waals surface area contributed by atoms with Crippen LogP contribution >= 0.6 is 0 Å². The summed E-state index contributed by atoms with van der Waals surface area (Å²) in [6.07, 6.45) is 2.01. The van der Waals surface area contributed by atoms with Crippen LogP contribution in [-0.2, 0) is 14.8 Å². The van der Waals surface area contributed by atoms with Crippen molar-refractivity contribution >= 4 is 21.6 Å². The van der Waals surface area contributed by atoms with Crippen molar-refractivity contribution in [2.45, 2.75) is 12.8 Å². The average Bonchev–Trinajstić information content (AvgIpc) is 2.33. The molecule has 0 aromatic heterocycles. The Balaban J connectivity index is 2.71. The van der Waals surface area contributed by atoms with E-state index in [1.54, 1.807) is 38.4 Å². The number of rotatable bonds is 6. The molecule has 1 aromatic carbocycles. The van der Waals surface area contributed by atoms with Gasteiger partial charge in [-0.25, -0.2) is 8.42 Å². The summed E-state index contributed by atoms with van der Waals surface area (Å²) in [7, 11) is 0.0490. The van der Waals surface area contributed by atoms with Gasteiger partial charge in [0.05, 0.1) is 11.9 Å². The number of benzene rings is 1. The minimum Gasteiger partial charge on any atom is -0.349 e. The molecule has 0 saturated carbocycles. The van der Waals surface area contributed by atoms with E-state index in [1.807, 2.05) is 6.07 Å². The third-order valence-corrected chi connectivity index (χ3v) is 3.89. The van der Waals surface area contributed by atoms with E-state index >= 15 is 0 Å². The molecule has 0 atom stereocenters. The van der Waals surface area contributed by atoms with Crippen LogP contribution < -0.4 is 4.31 Å². The summed E-state index contributed by atoms with van der Waals surface area (Å²) in [4.78, 5) is 13.0. The molecular formula is C13H20N2O3S. The number of amides is 1. The standard InChI is InChI=1S/C13H20N2O3S/c1-14(2)13(16)10-7-11-15(19(3,17)18)12-8-5-4-6-9-12/h4-6,8-9H,7,10-11H2,1-3H3. The van der Waals surface area contributed by atoms with Gasteiger partial charge in [-0.1, -0.05) is 18.2 Å². The minimum atomic E-state index is -3.33.